The van der Waals surface area contributed by atoms with E-state index in [1.54, 1.807) is 26.8 Å². The van der Waals surface area contributed by atoms with Gasteiger partial charge in [0, 0.05) is 7.11 Å². The first-order chi connectivity index (χ1) is 9.52. The van der Waals surface area contributed by atoms with Gasteiger partial charge in [0.25, 0.3) is 0 Å². The summed E-state index contributed by atoms with van der Waals surface area (Å²) in [6.45, 7) is 6.63. The summed E-state index contributed by atoms with van der Waals surface area (Å²) < 4.78 is 11.4. The molecule has 1 heterocycles. The fourth-order valence-electron chi connectivity index (χ4n) is 3.16. The SMILES string of the molecule is CO[C@@]1(/C=C/C(C)(C)O)O[C@H]2CC(C)=CC(=O)[C@H]2[C@@]1(C)O. The Morgan fingerprint density at radius 3 is 2.67 bits per heavy atom. The van der Waals surface area contributed by atoms with Crippen molar-refractivity contribution in [1.82, 2.24) is 0 Å². The zero-order valence-electron chi connectivity index (χ0n) is 13.2. The number of fused-ring (bicyclic) bond motifs is 1. The highest BCUT2D eigenvalue weighted by atomic mass is 16.7. The van der Waals surface area contributed by atoms with Crippen LogP contribution in [0.2, 0.25) is 0 Å². The van der Waals surface area contributed by atoms with Crippen LogP contribution in [0.1, 0.15) is 34.1 Å². The Morgan fingerprint density at radius 2 is 2.14 bits per heavy atom. The zero-order valence-corrected chi connectivity index (χ0v) is 13.2. The average molecular weight is 296 g/mol. The maximum absolute atomic E-state index is 12.3. The van der Waals surface area contributed by atoms with Crippen LogP contribution in [0.5, 0.6) is 0 Å². The molecule has 5 nitrogen and oxygen atoms in total. The number of hydrogen-bond acceptors (Lipinski definition) is 5. The van der Waals surface area contributed by atoms with Gasteiger partial charge < -0.3 is 19.7 Å². The normalized spacial score (nSPS) is 40.5. The highest BCUT2D eigenvalue weighted by molar-refractivity contribution is 5.95. The first-order valence-electron chi connectivity index (χ1n) is 7.11. The van der Waals surface area contributed by atoms with Crippen molar-refractivity contribution < 1.29 is 24.5 Å². The molecule has 1 saturated heterocycles. The Balaban J connectivity index is 2.42. The predicted octanol–water partition coefficient (Wildman–Crippen LogP) is 1.34. The quantitative estimate of drug-likeness (QED) is 0.769. The van der Waals surface area contributed by atoms with E-state index in [2.05, 4.69) is 0 Å². The first-order valence-corrected chi connectivity index (χ1v) is 7.11. The van der Waals surface area contributed by atoms with Gasteiger partial charge in [0.05, 0.1) is 17.6 Å². The zero-order chi connectivity index (χ0) is 16.1. The molecule has 4 atom stereocenters. The third-order valence-corrected chi connectivity index (χ3v) is 4.24. The van der Waals surface area contributed by atoms with Crippen LogP contribution in [0.4, 0.5) is 0 Å². The maximum atomic E-state index is 12.3. The second-order valence-electron chi connectivity index (χ2n) is 6.74. The average Bonchev–Trinajstić information content (AvgIpc) is 2.53. The minimum Gasteiger partial charge on any atom is -0.386 e. The van der Waals surface area contributed by atoms with Gasteiger partial charge in [0.15, 0.2) is 5.78 Å². The topological polar surface area (TPSA) is 76.0 Å². The summed E-state index contributed by atoms with van der Waals surface area (Å²) in [5.74, 6) is -2.27. The molecule has 2 N–H and O–H groups in total. The summed E-state index contributed by atoms with van der Waals surface area (Å²) in [5, 5.41) is 20.8. The van der Waals surface area contributed by atoms with Crippen LogP contribution in [0, 0.1) is 5.92 Å². The second-order valence-corrected chi connectivity index (χ2v) is 6.74. The molecular weight excluding hydrogens is 272 g/mol. The summed E-state index contributed by atoms with van der Waals surface area (Å²) in [6.07, 6.45) is 4.73. The highest BCUT2D eigenvalue weighted by Gasteiger charge is 2.64. The lowest BCUT2D eigenvalue weighted by molar-refractivity contribution is -0.242. The molecule has 2 rings (SSSR count). The molecule has 1 fully saturated rings. The minimum atomic E-state index is -1.51. The fraction of sp³-hybridized carbons (Fsp3) is 0.688. The molecular formula is C16H24O5. The van der Waals surface area contributed by atoms with Crippen molar-refractivity contribution in [3.8, 4) is 0 Å². The molecule has 0 aromatic rings. The standard InChI is InChI=1S/C16H24O5/c1-10-8-11(17)13-12(9-10)21-16(20-5,15(13,4)19)7-6-14(2,3)18/h6-8,12-13,18-19H,9H2,1-5H3/b7-6+/t12-,13+,15+,16-/m0/s1. The van der Waals surface area contributed by atoms with E-state index < -0.39 is 29.0 Å². The van der Waals surface area contributed by atoms with Crippen molar-refractivity contribution in [3.63, 3.8) is 0 Å². The van der Waals surface area contributed by atoms with Crippen molar-refractivity contribution in [2.75, 3.05) is 7.11 Å². The van der Waals surface area contributed by atoms with Crippen LogP contribution in [0.3, 0.4) is 0 Å². The Kier molecular flexibility index (Phi) is 3.91. The van der Waals surface area contributed by atoms with Gasteiger partial charge in [-0.1, -0.05) is 11.6 Å². The third-order valence-electron chi connectivity index (χ3n) is 4.24. The number of aliphatic hydroxyl groups is 2. The summed E-state index contributed by atoms with van der Waals surface area (Å²) in [6, 6.07) is 0. The Morgan fingerprint density at radius 1 is 1.52 bits per heavy atom. The molecule has 0 saturated carbocycles. The number of ether oxygens (including phenoxy) is 2. The molecule has 0 radical (unpaired) electrons. The largest absolute Gasteiger partial charge is 0.386 e. The highest BCUT2D eigenvalue weighted by Crippen LogP contribution is 2.49. The second kappa shape index (κ2) is 5.02. The number of carbonyl (C=O) groups excluding carboxylic acids is 1. The van der Waals surface area contributed by atoms with E-state index in [0.717, 1.165) is 5.57 Å². The number of methoxy groups -OCH3 is 1. The monoisotopic (exact) mass is 296 g/mol. The van der Waals surface area contributed by atoms with E-state index in [4.69, 9.17) is 9.47 Å². The maximum Gasteiger partial charge on any atom is 0.218 e. The predicted molar refractivity (Wildman–Crippen MR) is 77.5 cm³/mol. The van der Waals surface area contributed by atoms with Gasteiger partial charge in [-0.3, -0.25) is 4.79 Å². The lowest BCUT2D eigenvalue weighted by Crippen LogP contribution is -2.54. The van der Waals surface area contributed by atoms with E-state index in [1.807, 2.05) is 6.92 Å². The summed E-state index contributed by atoms with van der Waals surface area (Å²) in [4.78, 5) is 12.3. The molecule has 118 valence electrons. The molecule has 21 heavy (non-hydrogen) atoms. The van der Waals surface area contributed by atoms with E-state index in [-0.39, 0.29) is 5.78 Å². The van der Waals surface area contributed by atoms with Crippen LogP contribution < -0.4 is 0 Å². The van der Waals surface area contributed by atoms with Crippen LogP contribution in [0.15, 0.2) is 23.8 Å². The minimum absolute atomic E-state index is 0.149. The fourth-order valence-corrected chi connectivity index (χ4v) is 3.16. The van der Waals surface area contributed by atoms with Gasteiger partial charge >= 0.3 is 0 Å². The van der Waals surface area contributed by atoms with E-state index in [1.165, 1.54) is 19.3 Å². The molecule has 1 aliphatic heterocycles. The van der Waals surface area contributed by atoms with Crippen molar-refractivity contribution >= 4 is 5.78 Å². The Hall–Kier alpha value is -1.01. The Labute approximate surface area is 125 Å². The van der Waals surface area contributed by atoms with E-state index >= 15 is 0 Å². The smallest absolute Gasteiger partial charge is 0.218 e. The van der Waals surface area contributed by atoms with Crippen LogP contribution in [-0.2, 0) is 14.3 Å². The molecule has 5 heteroatoms. The molecule has 1 aliphatic carbocycles. The lowest BCUT2D eigenvalue weighted by atomic mass is 9.75. The van der Waals surface area contributed by atoms with Crippen molar-refractivity contribution in [1.29, 1.82) is 0 Å². The number of rotatable bonds is 3. The summed E-state index contributed by atoms with van der Waals surface area (Å²) in [5.41, 5.74) is -1.66. The van der Waals surface area contributed by atoms with E-state index in [0.29, 0.717) is 6.42 Å². The first kappa shape index (κ1) is 16.4. The molecule has 0 aromatic heterocycles. The van der Waals surface area contributed by atoms with Crippen molar-refractivity contribution in [3.05, 3.63) is 23.8 Å². The van der Waals surface area contributed by atoms with Crippen LogP contribution in [-0.4, -0.2) is 46.2 Å². The van der Waals surface area contributed by atoms with Crippen LogP contribution in [0.25, 0.3) is 0 Å². The van der Waals surface area contributed by atoms with Gasteiger partial charge in [-0.2, -0.15) is 0 Å². The van der Waals surface area contributed by atoms with Crippen molar-refractivity contribution in [2.45, 2.75) is 57.2 Å². The van der Waals surface area contributed by atoms with Gasteiger partial charge in [-0.05, 0) is 46.3 Å². The Bertz CT molecular complexity index is 497. The number of allylic oxidation sites excluding steroid dienone is 1. The number of carbonyl (C=O) groups is 1. The number of hydrogen-bond donors (Lipinski definition) is 2. The van der Waals surface area contributed by atoms with Crippen molar-refractivity contribution in [2.24, 2.45) is 5.92 Å². The van der Waals surface area contributed by atoms with Crippen LogP contribution >= 0.6 is 0 Å². The summed E-state index contributed by atoms with van der Waals surface area (Å²) in [7, 11) is 1.42. The summed E-state index contributed by atoms with van der Waals surface area (Å²) >= 11 is 0. The molecule has 0 aromatic carbocycles. The molecule has 0 bridgehead atoms. The van der Waals surface area contributed by atoms with Gasteiger partial charge in [-0.25, -0.2) is 0 Å². The molecule has 2 aliphatic rings. The molecule has 0 unspecified atom stereocenters. The van der Waals surface area contributed by atoms with Gasteiger partial charge in [0.2, 0.25) is 5.79 Å². The molecule has 0 amide bonds. The number of ketones is 1. The van der Waals surface area contributed by atoms with E-state index in [9.17, 15) is 15.0 Å². The molecule has 0 spiro atoms. The van der Waals surface area contributed by atoms with Gasteiger partial charge in [-0.15, -0.1) is 0 Å². The third kappa shape index (κ3) is 2.71. The lowest BCUT2D eigenvalue weighted by Gasteiger charge is -2.37. The van der Waals surface area contributed by atoms with Gasteiger partial charge in [0.1, 0.15) is 5.60 Å².